The number of hydrogen-bond acceptors (Lipinski definition) is 6. The number of carbonyl (C=O) groups is 2. The fraction of sp³-hybridized carbons (Fsp3) is 0.0400. The first-order valence-corrected chi connectivity index (χ1v) is 13.7. The number of thiophene rings is 1. The van der Waals surface area contributed by atoms with Crippen LogP contribution in [0.25, 0.3) is 0 Å². The third kappa shape index (κ3) is 6.10. The van der Waals surface area contributed by atoms with Crippen molar-refractivity contribution in [3.05, 3.63) is 108 Å². The predicted octanol–water partition coefficient (Wildman–Crippen LogP) is 5.12. The molecule has 0 aliphatic rings. The van der Waals surface area contributed by atoms with Crippen LogP contribution in [0.2, 0.25) is 0 Å². The summed E-state index contributed by atoms with van der Waals surface area (Å²) in [6.07, 6.45) is 0. The van der Waals surface area contributed by atoms with Gasteiger partial charge in [0.25, 0.3) is 15.9 Å². The van der Waals surface area contributed by atoms with Crippen molar-refractivity contribution >= 4 is 56.3 Å². The zero-order chi connectivity index (χ0) is 24.8. The maximum absolute atomic E-state index is 13.3. The van der Waals surface area contributed by atoms with Gasteiger partial charge in [-0.05, 0) is 53.4 Å². The average molecular weight is 524 g/mol. The van der Waals surface area contributed by atoms with Crippen LogP contribution in [0, 0.1) is 0 Å². The SMILES string of the molecule is NC(=O)c1ccccc1NC(=O)C(Sc1ccc(NS(=O)(=O)c2cccs2)cc1)c1ccccc1. The minimum absolute atomic E-state index is 0.222. The summed E-state index contributed by atoms with van der Waals surface area (Å²) in [6.45, 7) is 0. The maximum Gasteiger partial charge on any atom is 0.271 e. The topological polar surface area (TPSA) is 118 Å². The van der Waals surface area contributed by atoms with Gasteiger partial charge in [0.2, 0.25) is 5.91 Å². The van der Waals surface area contributed by atoms with E-state index in [1.54, 1.807) is 60.0 Å². The lowest BCUT2D eigenvalue weighted by Gasteiger charge is -2.18. The highest BCUT2D eigenvalue weighted by molar-refractivity contribution is 8.00. The minimum atomic E-state index is -3.65. The second kappa shape index (κ2) is 10.8. The number of nitrogens with two attached hydrogens (primary N) is 1. The highest BCUT2D eigenvalue weighted by Crippen LogP contribution is 2.37. The number of thioether (sulfide) groups is 1. The van der Waals surface area contributed by atoms with Crippen LogP contribution in [-0.2, 0) is 14.8 Å². The molecule has 7 nitrogen and oxygen atoms in total. The molecule has 0 bridgehead atoms. The predicted molar refractivity (Wildman–Crippen MR) is 140 cm³/mol. The number of primary amides is 1. The quantitative estimate of drug-likeness (QED) is 0.263. The lowest BCUT2D eigenvalue weighted by atomic mass is 10.1. The number of rotatable bonds is 9. The molecule has 0 saturated carbocycles. The number of benzene rings is 3. The Balaban J connectivity index is 1.55. The van der Waals surface area contributed by atoms with Crippen molar-refractivity contribution in [2.75, 3.05) is 10.0 Å². The van der Waals surface area contributed by atoms with E-state index in [-0.39, 0.29) is 15.7 Å². The Labute approximate surface area is 211 Å². The first-order chi connectivity index (χ1) is 16.8. The molecule has 0 fully saturated rings. The van der Waals surface area contributed by atoms with Gasteiger partial charge >= 0.3 is 0 Å². The third-order valence-corrected chi connectivity index (χ3v) is 8.96. The van der Waals surface area contributed by atoms with Gasteiger partial charge < -0.3 is 11.1 Å². The molecule has 4 rings (SSSR count). The highest BCUT2D eigenvalue weighted by Gasteiger charge is 2.24. The number of hydrogen-bond donors (Lipinski definition) is 3. The molecule has 0 aliphatic heterocycles. The highest BCUT2D eigenvalue weighted by atomic mass is 32.2. The minimum Gasteiger partial charge on any atom is -0.366 e. The smallest absolute Gasteiger partial charge is 0.271 e. The van der Waals surface area contributed by atoms with Crippen molar-refractivity contribution in [3.8, 4) is 0 Å². The Kier molecular flexibility index (Phi) is 7.54. The van der Waals surface area contributed by atoms with Gasteiger partial charge in [-0.1, -0.05) is 48.5 Å². The van der Waals surface area contributed by atoms with Crippen molar-refractivity contribution in [1.82, 2.24) is 0 Å². The summed E-state index contributed by atoms with van der Waals surface area (Å²) in [5, 5.41) is 3.88. The van der Waals surface area contributed by atoms with Crippen molar-refractivity contribution < 1.29 is 18.0 Å². The van der Waals surface area contributed by atoms with Crippen molar-refractivity contribution in [2.24, 2.45) is 5.73 Å². The first-order valence-electron chi connectivity index (χ1n) is 10.4. The molecule has 10 heteroatoms. The second-order valence-electron chi connectivity index (χ2n) is 7.37. The Morgan fingerprint density at radius 3 is 2.20 bits per heavy atom. The average Bonchev–Trinajstić information content (AvgIpc) is 3.40. The van der Waals surface area contributed by atoms with Gasteiger partial charge in [0.05, 0.1) is 11.3 Å². The van der Waals surface area contributed by atoms with Gasteiger partial charge in [-0.3, -0.25) is 14.3 Å². The van der Waals surface area contributed by atoms with Crippen LogP contribution in [0.5, 0.6) is 0 Å². The molecule has 2 amide bonds. The fourth-order valence-electron chi connectivity index (χ4n) is 3.27. The molecule has 0 saturated heterocycles. The van der Waals surface area contributed by atoms with Crippen LogP contribution in [-0.4, -0.2) is 20.2 Å². The van der Waals surface area contributed by atoms with Crippen LogP contribution in [0.1, 0.15) is 21.2 Å². The van der Waals surface area contributed by atoms with Crippen LogP contribution in [0.15, 0.2) is 105 Å². The van der Waals surface area contributed by atoms with Gasteiger partial charge in [0.1, 0.15) is 9.46 Å². The fourth-order valence-corrected chi connectivity index (χ4v) is 6.34. The zero-order valence-corrected chi connectivity index (χ0v) is 20.7. The molecular weight excluding hydrogens is 502 g/mol. The summed E-state index contributed by atoms with van der Waals surface area (Å²) < 4.78 is 27.7. The number of sulfonamides is 1. The van der Waals surface area contributed by atoms with Crippen molar-refractivity contribution in [1.29, 1.82) is 0 Å². The van der Waals surface area contributed by atoms with Gasteiger partial charge in [0.15, 0.2) is 0 Å². The van der Waals surface area contributed by atoms with Crippen molar-refractivity contribution in [2.45, 2.75) is 14.4 Å². The summed E-state index contributed by atoms with van der Waals surface area (Å²) in [4.78, 5) is 25.8. The standard InChI is InChI=1S/C25H21N3O4S3/c26-24(29)20-9-4-5-10-21(20)27-25(30)23(17-7-2-1-3-8-17)34-19-14-12-18(13-15-19)28-35(31,32)22-11-6-16-33-22/h1-16,23,28H,(H2,26,29)(H,27,30). The monoisotopic (exact) mass is 523 g/mol. The number of nitrogens with one attached hydrogen (secondary N) is 2. The summed E-state index contributed by atoms with van der Waals surface area (Å²) in [7, 11) is -3.65. The van der Waals surface area contributed by atoms with E-state index >= 15 is 0 Å². The Morgan fingerprint density at radius 1 is 0.857 bits per heavy atom. The molecule has 178 valence electrons. The summed E-state index contributed by atoms with van der Waals surface area (Å²) in [5.74, 6) is -0.956. The van der Waals surface area contributed by atoms with Crippen LogP contribution in [0.4, 0.5) is 11.4 Å². The molecule has 0 radical (unpaired) electrons. The molecule has 4 N–H and O–H groups in total. The Bertz CT molecular complexity index is 1420. The van der Waals surface area contributed by atoms with E-state index in [1.807, 2.05) is 30.3 Å². The largest absolute Gasteiger partial charge is 0.366 e. The van der Waals surface area contributed by atoms with Gasteiger partial charge in [-0.2, -0.15) is 0 Å². The molecular formula is C25H21N3O4S3. The molecule has 1 heterocycles. The normalized spacial score (nSPS) is 12.0. The van der Waals surface area contributed by atoms with Gasteiger partial charge in [0, 0.05) is 10.6 Å². The van der Waals surface area contributed by atoms with Crippen LogP contribution >= 0.6 is 23.1 Å². The molecule has 35 heavy (non-hydrogen) atoms. The number of carbonyl (C=O) groups excluding carboxylic acids is 2. The van der Waals surface area contributed by atoms with Gasteiger partial charge in [-0.15, -0.1) is 23.1 Å². The van der Waals surface area contributed by atoms with E-state index in [4.69, 9.17) is 5.73 Å². The number of anilines is 2. The lowest BCUT2D eigenvalue weighted by molar-refractivity contribution is -0.115. The van der Waals surface area contributed by atoms with E-state index in [2.05, 4.69) is 10.0 Å². The number of amides is 2. The Hall–Kier alpha value is -3.60. The van der Waals surface area contributed by atoms with E-state index in [1.165, 1.54) is 17.8 Å². The molecule has 0 spiro atoms. The maximum atomic E-state index is 13.3. The molecule has 1 unspecified atom stereocenters. The molecule has 4 aromatic rings. The summed E-state index contributed by atoms with van der Waals surface area (Å²) in [5.41, 5.74) is 7.19. The molecule has 3 aromatic carbocycles. The zero-order valence-electron chi connectivity index (χ0n) is 18.3. The second-order valence-corrected chi connectivity index (χ2v) is 11.4. The summed E-state index contributed by atoms with van der Waals surface area (Å²) in [6, 6.07) is 25.8. The molecule has 1 aromatic heterocycles. The third-order valence-electron chi connectivity index (χ3n) is 4.91. The van der Waals surface area contributed by atoms with Gasteiger partial charge in [-0.25, -0.2) is 8.42 Å². The van der Waals surface area contributed by atoms with E-state index in [0.29, 0.717) is 11.4 Å². The Morgan fingerprint density at radius 2 is 1.54 bits per heavy atom. The lowest BCUT2D eigenvalue weighted by Crippen LogP contribution is -2.22. The van der Waals surface area contributed by atoms with E-state index in [0.717, 1.165) is 21.8 Å². The molecule has 0 aliphatic carbocycles. The summed E-state index contributed by atoms with van der Waals surface area (Å²) >= 11 is 2.44. The van der Waals surface area contributed by atoms with Crippen molar-refractivity contribution in [3.63, 3.8) is 0 Å². The van der Waals surface area contributed by atoms with Crippen LogP contribution in [0.3, 0.4) is 0 Å². The first kappa shape index (κ1) is 24.5. The van der Waals surface area contributed by atoms with E-state index < -0.39 is 21.2 Å². The number of para-hydroxylation sites is 1. The molecule has 1 atom stereocenters. The van der Waals surface area contributed by atoms with E-state index in [9.17, 15) is 18.0 Å². The van der Waals surface area contributed by atoms with Crippen LogP contribution < -0.4 is 15.8 Å².